The van der Waals surface area contributed by atoms with Gasteiger partial charge < -0.3 is 18.9 Å². The summed E-state index contributed by atoms with van der Waals surface area (Å²) in [4.78, 5) is 24.8. The van der Waals surface area contributed by atoms with Crippen molar-refractivity contribution in [2.75, 3.05) is 21.3 Å². The Kier molecular flexibility index (Phi) is 7.88. The van der Waals surface area contributed by atoms with E-state index in [1.54, 1.807) is 48.5 Å². The summed E-state index contributed by atoms with van der Waals surface area (Å²) in [5.41, 5.74) is 3.56. The summed E-state index contributed by atoms with van der Waals surface area (Å²) in [5, 5.41) is 4.27. The molecule has 0 atom stereocenters. The summed E-state index contributed by atoms with van der Waals surface area (Å²) in [6.07, 6.45) is 1.42. The van der Waals surface area contributed by atoms with Crippen LogP contribution in [-0.4, -0.2) is 39.4 Å². The van der Waals surface area contributed by atoms with Gasteiger partial charge in [-0.05, 0) is 42.0 Å². The lowest BCUT2D eigenvalue weighted by Gasteiger charge is -2.13. The minimum Gasteiger partial charge on any atom is -0.493 e. The van der Waals surface area contributed by atoms with Crippen molar-refractivity contribution in [3.63, 3.8) is 0 Å². The number of nitrogens with one attached hydrogen (secondary N) is 1. The zero-order chi connectivity index (χ0) is 23.8. The second-order valence-electron chi connectivity index (χ2n) is 6.55. The lowest BCUT2D eigenvalue weighted by atomic mass is 10.1. The Bertz CT molecular complexity index is 1170. The molecule has 0 aliphatic rings. The average Bonchev–Trinajstić information content (AvgIpc) is 2.83. The summed E-state index contributed by atoms with van der Waals surface area (Å²) in [6.45, 7) is 0. The van der Waals surface area contributed by atoms with Gasteiger partial charge in [0.1, 0.15) is 5.75 Å². The van der Waals surface area contributed by atoms with Gasteiger partial charge in [-0.2, -0.15) is 5.10 Å². The van der Waals surface area contributed by atoms with E-state index >= 15 is 0 Å². The number of carbonyl (C=O) groups is 2. The van der Waals surface area contributed by atoms with Gasteiger partial charge in [0.2, 0.25) is 5.75 Å². The van der Waals surface area contributed by atoms with E-state index in [1.807, 2.05) is 0 Å². The SMILES string of the molecule is COc1cc(C(=O)N/N=C/c2cccc(OC(=O)c3ccccc3Cl)c2)cc(OC)c1OC. The van der Waals surface area contributed by atoms with Crippen molar-refractivity contribution >= 4 is 29.7 Å². The highest BCUT2D eigenvalue weighted by molar-refractivity contribution is 6.33. The van der Waals surface area contributed by atoms with Gasteiger partial charge >= 0.3 is 5.97 Å². The van der Waals surface area contributed by atoms with Gasteiger partial charge in [-0.25, -0.2) is 10.2 Å². The van der Waals surface area contributed by atoms with Crippen molar-refractivity contribution in [3.05, 3.63) is 82.4 Å². The first-order chi connectivity index (χ1) is 16.0. The molecule has 1 N–H and O–H groups in total. The molecule has 170 valence electrons. The van der Waals surface area contributed by atoms with E-state index in [4.69, 9.17) is 30.5 Å². The number of benzene rings is 3. The van der Waals surface area contributed by atoms with Crippen LogP contribution in [0.1, 0.15) is 26.3 Å². The molecule has 0 aromatic heterocycles. The number of hydrazone groups is 1. The number of methoxy groups -OCH3 is 3. The van der Waals surface area contributed by atoms with Crippen LogP contribution in [0.3, 0.4) is 0 Å². The molecule has 0 fully saturated rings. The highest BCUT2D eigenvalue weighted by atomic mass is 35.5. The molecule has 0 aliphatic heterocycles. The van der Waals surface area contributed by atoms with Crippen LogP contribution in [0, 0.1) is 0 Å². The molecule has 3 aromatic rings. The fourth-order valence-corrected chi connectivity index (χ4v) is 3.10. The number of halogens is 1. The monoisotopic (exact) mass is 468 g/mol. The van der Waals surface area contributed by atoms with E-state index < -0.39 is 11.9 Å². The second-order valence-corrected chi connectivity index (χ2v) is 6.96. The number of nitrogens with zero attached hydrogens (tertiary/aromatic N) is 1. The number of hydrogen-bond donors (Lipinski definition) is 1. The molecule has 0 aliphatic carbocycles. The summed E-state index contributed by atoms with van der Waals surface area (Å²) >= 11 is 6.04. The molecule has 0 radical (unpaired) electrons. The highest BCUT2D eigenvalue weighted by Gasteiger charge is 2.17. The molecule has 0 saturated heterocycles. The van der Waals surface area contributed by atoms with Crippen LogP contribution in [0.15, 0.2) is 65.8 Å². The largest absolute Gasteiger partial charge is 0.493 e. The molecule has 0 unspecified atom stereocenters. The third kappa shape index (κ3) is 5.81. The maximum atomic E-state index is 12.5. The van der Waals surface area contributed by atoms with E-state index in [0.717, 1.165) is 0 Å². The molecular weight excluding hydrogens is 448 g/mol. The fraction of sp³-hybridized carbons (Fsp3) is 0.125. The van der Waals surface area contributed by atoms with Crippen molar-refractivity contribution < 1.29 is 28.5 Å². The smallest absolute Gasteiger partial charge is 0.345 e. The van der Waals surface area contributed by atoms with E-state index in [0.29, 0.717) is 33.6 Å². The summed E-state index contributed by atoms with van der Waals surface area (Å²) in [6, 6.07) is 16.3. The summed E-state index contributed by atoms with van der Waals surface area (Å²) in [5.74, 6) is 0.318. The number of rotatable bonds is 8. The van der Waals surface area contributed by atoms with Crippen molar-refractivity contribution in [3.8, 4) is 23.0 Å². The van der Waals surface area contributed by atoms with Gasteiger partial charge in [-0.3, -0.25) is 4.79 Å². The quantitative estimate of drug-likeness (QED) is 0.228. The zero-order valence-corrected chi connectivity index (χ0v) is 18.9. The van der Waals surface area contributed by atoms with Crippen molar-refractivity contribution in [1.82, 2.24) is 5.43 Å². The summed E-state index contributed by atoms with van der Waals surface area (Å²) < 4.78 is 21.1. The van der Waals surface area contributed by atoms with Gasteiger partial charge in [0, 0.05) is 5.56 Å². The first kappa shape index (κ1) is 23.6. The normalized spacial score (nSPS) is 10.5. The Morgan fingerprint density at radius 3 is 2.24 bits per heavy atom. The molecule has 3 aromatic carbocycles. The molecular formula is C24H21ClN2O6. The Morgan fingerprint density at radius 2 is 1.61 bits per heavy atom. The van der Waals surface area contributed by atoms with E-state index in [-0.39, 0.29) is 11.1 Å². The molecule has 9 heteroatoms. The Labute approximate surface area is 195 Å². The minimum absolute atomic E-state index is 0.260. The van der Waals surface area contributed by atoms with Gasteiger partial charge in [0.15, 0.2) is 11.5 Å². The molecule has 1 amide bonds. The lowest BCUT2D eigenvalue weighted by Crippen LogP contribution is -2.18. The van der Waals surface area contributed by atoms with Crippen LogP contribution in [-0.2, 0) is 0 Å². The number of amides is 1. The van der Waals surface area contributed by atoms with Gasteiger partial charge in [0.05, 0.1) is 38.1 Å². The zero-order valence-electron chi connectivity index (χ0n) is 18.1. The van der Waals surface area contributed by atoms with E-state index in [1.165, 1.54) is 39.7 Å². The molecule has 33 heavy (non-hydrogen) atoms. The highest BCUT2D eigenvalue weighted by Crippen LogP contribution is 2.38. The standard InChI is InChI=1S/C24H21ClN2O6/c1-30-20-12-16(13-21(31-2)22(20)32-3)23(28)27-26-14-15-7-6-8-17(11-15)33-24(29)18-9-4-5-10-19(18)25/h4-14H,1-3H3,(H,27,28)/b26-14+. The van der Waals surface area contributed by atoms with Crippen LogP contribution >= 0.6 is 11.6 Å². The second kappa shape index (κ2) is 11.0. The fourth-order valence-electron chi connectivity index (χ4n) is 2.89. The Morgan fingerprint density at radius 1 is 0.909 bits per heavy atom. The first-order valence-electron chi connectivity index (χ1n) is 9.67. The third-order valence-electron chi connectivity index (χ3n) is 4.47. The number of hydrogen-bond acceptors (Lipinski definition) is 7. The molecule has 3 rings (SSSR count). The lowest BCUT2D eigenvalue weighted by molar-refractivity contribution is 0.0734. The Balaban J connectivity index is 1.69. The third-order valence-corrected chi connectivity index (χ3v) is 4.80. The van der Waals surface area contributed by atoms with Crippen molar-refractivity contribution in [2.45, 2.75) is 0 Å². The minimum atomic E-state index is -0.578. The maximum absolute atomic E-state index is 12.5. The molecule has 0 heterocycles. The topological polar surface area (TPSA) is 95.5 Å². The predicted octanol–water partition coefficient (Wildman–Crippen LogP) is 4.35. The molecule has 8 nitrogen and oxygen atoms in total. The van der Waals surface area contributed by atoms with Crippen LogP contribution in [0.4, 0.5) is 0 Å². The van der Waals surface area contributed by atoms with Gasteiger partial charge in [-0.1, -0.05) is 35.9 Å². The van der Waals surface area contributed by atoms with Gasteiger partial charge in [-0.15, -0.1) is 0 Å². The maximum Gasteiger partial charge on any atom is 0.345 e. The average molecular weight is 469 g/mol. The number of carbonyl (C=O) groups excluding carboxylic acids is 2. The molecule has 0 saturated carbocycles. The number of ether oxygens (including phenoxy) is 4. The molecule has 0 bridgehead atoms. The molecule has 0 spiro atoms. The van der Waals surface area contributed by atoms with Crippen LogP contribution < -0.4 is 24.4 Å². The van der Waals surface area contributed by atoms with Gasteiger partial charge in [0.25, 0.3) is 5.91 Å². The number of esters is 1. The van der Waals surface area contributed by atoms with E-state index in [9.17, 15) is 9.59 Å². The van der Waals surface area contributed by atoms with Crippen molar-refractivity contribution in [1.29, 1.82) is 0 Å². The van der Waals surface area contributed by atoms with Crippen molar-refractivity contribution in [2.24, 2.45) is 5.10 Å². The van der Waals surface area contributed by atoms with Crippen LogP contribution in [0.5, 0.6) is 23.0 Å². The summed E-state index contributed by atoms with van der Waals surface area (Å²) in [7, 11) is 4.40. The first-order valence-corrected chi connectivity index (χ1v) is 10.0. The van der Waals surface area contributed by atoms with E-state index in [2.05, 4.69) is 10.5 Å². The van der Waals surface area contributed by atoms with Crippen LogP contribution in [0.25, 0.3) is 0 Å². The van der Waals surface area contributed by atoms with Crippen LogP contribution in [0.2, 0.25) is 5.02 Å². The Hall–Kier alpha value is -4.04. The predicted molar refractivity (Wildman–Crippen MR) is 124 cm³/mol.